The smallest absolute Gasteiger partial charge is 0.268 e. The third-order valence-electron chi connectivity index (χ3n) is 4.03. The number of rotatable bonds is 3. The average molecular weight is 267 g/mol. The van der Waals surface area contributed by atoms with Gasteiger partial charge in [0.15, 0.2) is 0 Å². The maximum absolute atomic E-state index is 13.7. The Morgan fingerprint density at radius 1 is 1.37 bits per heavy atom. The summed E-state index contributed by atoms with van der Waals surface area (Å²) in [5.41, 5.74) is 0.845. The van der Waals surface area contributed by atoms with Gasteiger partial charge in [0.2, 0.25) is 5.91 Å². The molecule has 2 fully saturated rings. The molecule has 1 aliphatic heterocycles. The van der Waals surface area contributed by atoms with E-state index in [1.54, 1.807) is 31.4 Å². The molecule has 0 aromatic heterocycles. The molecule has 0 spiro atoms. The molecule has 2 aliphatic rings. The molecular weight excluding hydrogens is 252 g/mol. The van der Waals surface area contributed by atoms with Gasteiger partial charge in [-0.05, 0) is 24.1 Å². The number of fused-ring (bicyclic) bond motifs is 2. The van der Waals surface area contributed by atoms with Crippen molar-refractivity contribution in [1.29, 1.82) is 0 Å². The number of carbonyl (C=O) groups is 1. The van der Waals surface area contributed by atoms with Crippen molar-refractivity contribution in [3.63, 3.8) is 0 Å². The van der Waals surface area contributed by atoms with Gasteiger partial charge in [-0.3, -0.25) is 4.79 Å². The molecular formula is C14H15F2NO2. The lowest BCUT2D eigenvalue weighted by Gasteiger charge is -2.33. The van der Waals surface area contributed by atoms with Crippen LogP contribution in [0.3, 0.4) is 0 Å². The molecule has 1 heterocycles. The van der Waals surface area contributed by atoms with E-state index in [1.165, 1.54) is 4.90 Å². The van der Waals surface area contributed by atoms with Crippen LogP contribution in [0.2, 0.25) is 0 Å². The Balaban J connectivity index is 1.77. The first kappa shape index (κ1) is 12.4. The number of ether oxygens (including phenoxy) is 1. The molecule has 3 nitrogen and oxygen atoms in total. The zero-order valence-electron chi connectivity index (χ0n) is 10.6. The maximum Gasteiger partial charge on any atom is 0.268 e. The summed E-state index contributed by atoms with van der Waals surface area (Å²) in [6.45, 7) is 0.250. The van der Waals surface area contributed by atoms with Crippen LogP contribution in [0.1, 0.15) is 18.4 Å². The molecule has 0 N–H and O–H groups in total. The monoisotopic (exact) mass is 267 g/mol. The predicted octanol–water partition coefficient (Wildman–Crippen LogP) is 2.45. The summed E-state index contributed by atoms with van der Waals surface area (Å²) in [6, 6.07) is 6.22. The van der Waals surface area contributed by atoms with Crippen LogP contribution in [-0.2, 0) is 11.3 Å². The van der Waals surface area contributed by atoms with Crippen molar-refractivity contribution in [3.8, 4) is 5.75 Å². The summed E-state index contributed by atoms with van der Waals surface area (Å²) in [5, 5.41) is 0. The molecule has 19 heavy (non-hydrogen) atoms. The molecule has 0 radical (unpaired) electrons. The zero-order valence-corrected chi connectivity index (χ0v) is 10.6. The van der Waals surface area contributed by atoms with Gasteiger partial charge in [-0.1, -0.05) is 12.1 Å². The summed E-state index contributed by atoms with van der Waals surface area (Å²) >= 11 is 0. The normalized spacial score (nSPS) is 27.9. The van der Waals surface area contributed by atoms with Crippen LogP contribution < -0.4 is 4.74 Å². The third kappa shape index (κ3) is 1.97. The third-order valence-corrected chi connectivity index (χ3v) is 4.03. The standard InChI is InChI=1S/C14H15F2NO2/c1-19-11-4-2-9(3-5-11)8-17-12-6-10(13(17)18)7-14(12,15)16/h2-5,10,12H,6-8H2,1H3/t10-,12+/m1/s1. The Bertz CT molecular complexity index is 501. The summed E-state index contributed by atoms with van der Waals surface area (Å²) < 4.78 is 32.4. The quantitative estimate of drug-likeness (QED) is 0.842. The number of alkyl halides is 2. The molecule has 102 valence electrons. The van der Waals surface area contributed by atoms with Crippen LogP contribution in [0.15, 0.2) is 24.3 Å². The number of hydrogen-bond acceptors (Lipinski definition) is 2. The largest absolute Gasteiger partial charge is 0.497 e. The minimum absolute atomic E-state index is 0.133. The van der Waals surface area contributed by atoms with Crippen LogP contribution >= 0.6 is 0 Å². The molecule has 1 saturated carbocycles. The topological polar surface area (TPSA) is 29.5 Å². The highest BCUT2D eigenvalue weighted by Crippen LogP contribution is 2.48. The van der Waals surface area contributed by atoms with E-state index in [1.807, 2.05) is 0 Å². The number of hydrogen-bond donors (Lipinski definition) is 0. The number of methoxy groups -OCH3 is 1. The van der Waals surface area contributed by atoms with Crippen molar-refractivity contribution in [3.05, 3.63) is 29.8 Å². The van der Waals surface area contributed by atoms with E-state index in [0.29, 0.717) is 12.2 Å². The van der Waals surface area contributed by atoms with Gasteiger partial charge in [0.1, 0.15) is 5.75 Å². The van der Waals surface area contributed by atoms with E-state index in [-0.39, 0.29) is 18.9 Å². The Hall–Kier alpha value is -1.65. The lowest BCUT2D eigenvalue weighted by atomic mass is 10.1. The van der Waals surface area contributed by atoms with Gasteiger partial charge < -0.3 is 9.64 Å². The first-order chi connectivity index (χ1) is 9.01. The minimum Gasteiger partial charge on any atom is -0.497 e. The number of nitrogens with zero attached hydrogens (tertiary/aromatic N) is 1. The maximum atomic E-state index is 13.7. The SMILES string of the molecule is COc1ccc(CN2C(=O)[C@@H]3C[C@H]2C(F)(F)C3)cc1. The van der Waals surface area contributed by atoms with Gasteiger partial charge in [-0.15, -0.1) is 0 Å². The van der Waals surface area contributed by atoms with Crippen molar-refractivity contribution < 1.29 is 18.3 Å². The van der Waals surface area contributed by atoms with Gasteiger partial charge >= 0.3 is 0 Å². The number of piperidine rings is 1. The van der Waals surface area contributed by atoms with Gasteiger partial charge in [0, 0.05) is 18.9 Å². The van der Waals surface area contributed by atoms with E-state index in [0.717, 1.165) is 5.56 Å². The van der Waals surface area contributed by atoms with Crippen LogP contribution in [0.5, 0.6) is 5.75 Å². The highest BCUT2D eigenvalue weighted by Gasteiger charge is 2.60. The van der Waals surface area contributed by atoms with Gasteiger partial charge in [0.05, 0.1) is 13.2 Å². The predicted molar refractivity (Wildman–Crippen MR) is 65.0 cm³/mol. The highest BCUT2D eigenvalue weighted by molar-refractivity contribution is 5.83. The molecule has 0 unspecified atom stereocenters. The fraction of sp³-hybridized carbons (Fsp3) is 0.500. The molecule has 1 amide bonds. The summed E-state index contributed by atoms with van der Waals surface area (Å²) in [5.74, 6) is -2.64. The highest BCUT2D eigenvalue weighted by atomic mass is 19.3. The van der Waals surface area contributed by atoms with E-state index in [9.17, 15) is 13.6 Å². The van der Waals surface area contributed by atoms with Crippen molar-refractivity contribution >= 4 is 5.91 Å². The van der Waals surface area contributed by atoms with Crippen molar-refractivity contribution in [1.82, 2.24) is 4.90 Å². The number of amides is 1. The zero-order chi connectivity index (χ0) is 13.6. The first-order valence-corrected chi connectivity index (χ1v) is 6.32. The van der Waals surface area contributed by atoms with Crippen LogP contribution in [-0.4, -0.2) is 29.9 Å². The van der Waals surface area contributed by atoms with Crippen molar-refractivity contribution in [2.24, 2.45) is 5.92 Å². The van der Waals surface area contributed by atoms with E-state index < -0.39 is 17.9 Å². The summed E-state index contributed by atoms with van der Waals surface area (Å²) in [4.78, 5) is 13.3. The molecule has 5 heteroatoms. The van der Waals surface area contributed by atoms with Gasteiger partial charge in [-0.25, -0.2) is 8.78 Å². The fourth-order valence-electron chi connectivity index (χ4n) is 3.04. The van der Waals surface area contributed by atoms with Crippen molar-refractivity contribution in [2.75, 3.05) is 7.11 Å². The Morgan fingerprint density at radius 2 is 2.05 bits per heavy atom. The van der Waals surface area contributed by atoms with Crippen LogP contribution in [0, 0.1) is 5.92 Å². The van der Waals surface area contributed by atoms with E-state index >= 15 is 0 Å². The number of likely N-dealkylation sites (tertiary alicyclic amines) is 1. The van der Waals surface area contributed by atoms with Crippen LogP contribution in [0.25, 0.3) is 0 Å². The van der Waals surface area contributed by atoms with Crippen LogP contribution in [0.4, 0.5) is 8.78 Å². The molecule has 2 bridgehead atoms. The Labute approximate surface area is 110 Å². The van der Waals surface area contributed by atoms with Crippen molar-refractivity contribution in [2.45, 2.75) is 31.4 Å². The fourth-order valence-corrected chi connectivity index (χ4v) is 3.04. The Morgan fingerprint density at radius 3 is 2.63 bits per heavy atom. The molecule has 3 rings (SSSR count). The number of benzene rings is 1. The second-order valence-corrected chi connectivity index (χ2v) is 5.23. The number of carbonyl (C=O) groups excluding carboxylic acids is 1. The second-order valence-electron chi connectivity index (χ2n) is 5.23. The van der Waals surface area contributed by atoms with Gasteiger partial charge in [0.25, 0.3) is 5.92 Å². The van der Waals surface area contributed by atoms with E-state index in [4.69, 9.17) is 4.74 Å². The minimum atomic E-state index is -2.73. The molecule has 1 aromatic rings. The van der Waals surface area contributed by atoms with E-state index in [2.05, 4.69) is 0 Å². The Kier molecular flexibility index (Phi) is 2.73. The molecule has 1 aliphatic carbocycles. The van der Waals surface area contributed by atoms with Gasteiger partial charge in [-0.2, -0.15) is 0 Å². The average Bonchev–Trinajstić information content (AvgIpc) is 2.85. The summed E-state index contributed by atoms with van der Waals surface area (Å²) in [7, 11) is 1.57. The first-order valence-electron chi connectivity index (χ1n) is 6.32. The molecule has 2 atom stereocenters. The lowest BCUT2D eigenvalue weighted by Crippen LogP contribution is -2.47. The molecule has 1 aromatic carbocycles. The summed E-state index contributed by atoms with van der Waals surface area (Å²) in [6.07, 6.45) is 0.0115. The second kappa shape index (κ2) is 4.18. The molecule has 1 saturated heterocycles. The lowest BCUT2D eigenvalue weighted by molar-refractivity contribution is -0.149. The number of halogens is 2.